The highest BCUT2D eigenvalue weighted by Gasteiger charge is 2.44. The van der Waals surface area contributed by atoms with E-state index < -0.39 is 11.6 Å². The summed E-state index contributed by atoms with van der Waals surface area (Å²) in [4.78, 5) is 48.2. The highest BCUT2D eigenvalue weighted by Crippen LogP contribution is 2.33. The van der Waals surface area contributed by atoms with E-state index in [0.717, 1.165) is 40.6 Å². The smallest absolute Gasteiger partial charge is 0.415 e. The third-order valence-corrected chi connectivity index (χ3v) is 9.81. The Bertz CT molecular complexity index is 1640. The maximum Gasteiger partial charge on any atom is 0.415 e. The van der Waals surface area contributed by atoms with Crippen molar-refractivity contribution < 1.29 is 24.2 Å². The number of cyclic esters (lactones) is 1. The predicted molar refractivity (Wildman–Crippen MR) is 166 cm³/mol. The minimum absolute atomic E-state index is 0.111. The lowest BCUT2D eigenvalue weighted by Crippen LogP contribution is -2.48. The van der Waals surface area contributed by atoms with Crippen molar-refractivity contribution in [2.45, 2.75) is 90.5 Å². The molecule has 234 valence electrons. The average Bonchev–Trinajstić information content (AvgIpc) is 3.05. The van der Waals surface area contributed by atoms with E-state index in [1.54, 1.807) is 29.8 Å². The molecule has 2 fully saturated rings. The Morgan fingerprint density at radius 2 is 1.82 bits per heavy atom. The Kier molecular flexibility index (Phi) is 8.48. The van der Waals surface area contributed by atoms with Gasteiger partial charge in [-0.3, -0.25) is 9.78 Å². The number of aliphatic hydroxyl groups is 1. The molecule has 6 rings (SSSR count). The Morgan fingerprint density at radius 3 is 2.52 bits per heavy atom. The molecule has 10 nitrogen and oxygen atoms in total. The maximum absolute atomic E-state index is 13.5. The van der Waals surface area contributed by atoms with Crippen LogP contribution in [0.25, 0.3) is 10.9 Å². The zero-order valence-electron chi connectivity index (χ0n) is 25.9. The van der Waals surface area contributed by atoms with Crippen molar-refractivity contribution in [1.29, 1.82) is 0 Å². The van der Waals surface area contributed by atoms with E-state index in [4.69, 9.17) is 14.5 Å². The van der Waals surface area contributed by atoms with Crippen molar-refractivity contribution in [3.8, 4) is 5.75 Å². The zero-order valence-corrected chi connectivity index (χ0v) is 25.9. The van der Waals surface area contributed by atoms with Gasteiger partial charge in [0.25, 0.3) is 5.56 Å². The summed E-state index contributed by atoms with van der Waals surface area (Å²) in [6.07, 6.45) is 7.89. The molecule has 0 aliphatic carbocycles. The van der Waals surface area contributed by atoms with E-state index in [1.165, 1.54) is 32.4 Å². The molecule has 0 spiro atoms. The summed E-state index contributed by atoms with van der Waals surface area (Å²) in [7, 11) is 0. The summed E-state index contributed by atoms with van der Waals surface area (Å²) in [6, 6.07) is 7.73. The van der Waals surface area contributed by atoms with Crippen molar-refractivity contribution >= 4 is 23.0 Å². The molecule has 0 saturated carbocycles. The van der Waals surface area contributed by atoms with Gasteiger partial charge < -0.3 is 28.9 Å². The lowest BCUT2D eigenvalue weighted by atomic mass is 9.87. The molecule has 3 aromatic rings. The molecule has 10 heteroatoms. The van der Waals surface area contributed by atoms with E-state index in [9.17, 15) is 19.5 Å². The Balaban J connectivity index is 1.23. The van der Waals surface area contributed by atoms with Crippen LogP contribution >= 0.6 is 0 Å². The largest absolute Gasteiger partial charge is 0.458 e. The number of carbonyl (C=O) groups excluding carboxylic acids is 2. The van der Waals surface area contributed by atoms with Crippen LogP contribution in [0.3, 0.4) is 0 Å². The first-order valence-electron chi connectivity index (χ1n) is 16.0. The topological polar surface area (TPSA) is 114 Å². The SMILES string of the molecule is CCc1c(Cn2ccc3c(c2=O)COC(=O)[C@]3(O)CC)c(C)nc2ccc(OC(=O)N3CCC(N4CCCCC4)CC3)cc12. The number of hydrogen-bond donors (Lipinski definition) is 1. The second-order valence-corrected chi connectivity index (χ2v) is 12.3. The lowest BCUT2D eigenvalue weighted by molar-refractivity contribution is -0.172. The number of carbonyl (C=O) groups is 2. The second-order valence-electron chi connectivity index (χ2n) is 12.3. The summed E-state index contributed by atoms with van der Waals surface area (Å²) >= 11 is 0. The van der Waals surface area contributed by atoms with Crippen LogP contribution in [0, 0.1) is 6.92 Å². The number of esters is 1. The minimum atomic E-state index is -1.82. The van der Waals surface area contributed by atoms with Crippen LogP contribution in [0.1, 0.15) is 80.3 Å². The molecule has 3 aliphatic rings. The highest BCUT2D eigenvalue weighted by atomic mass is 16.6. The number of piperidine rings is 2. The molecule has 1 atom stereocenters. The second kappa shape index (κ2) is 12.3. The number of hydrogen-bond acceptors (Lipinski definition) is 8. The Morgan fingerprint density at radius 1 is 1.07 bits per heavy atom. The van der Waals surface area contributed by atoms with E-state index in [-0.39, 0.29) is 36.8 Å². The van der Waals surface area contributed by atoms with Gasteiger partial charge in [0.05, 0.1) is 17.6 Å². The average molecular weight is 603 g/mol. The lowest BCUT2D eigenvalue weighted by Gasteiger charge is -2.39. The first kappa shape index (κ1) is 30.3. The van der Waals surface area contributed by atoms with E-state index in [0.29, 0.717) is 36.9 Å². The first-order valence-corrected chi connectivity index (χ1v) is 16.0. The molecule has 44 heavy (non-hydrogen) atoms. The van der Waals surface area contributed by atoms with Crippen LogP contribution < -0.4 is 10.3 Å². The van der Waals surface area contributed by atoms with Gasteiger partial charge in [-0.25, -0.2) is 9.59 Å². The van der Waals surface area contributed by atoms with E-state index in [2.05, 4.69) is 11.8 Å². The Hall–Kier alpha value is -3.76. The monoisotopic (exact) mass is 602 g/mol. The van der Waals surface area contributed by atoms with Crippen LogP contribution in [0.4, 0.5) is 4.79 Å². The molecule has 5 heterocycles. The summed E-state index contributed by atoms with van der Waals surface area (Å²) < 4.78 is 12.6. The molecule has 0 radical (unpaired) electrons. The minimum Gasteiger partial charge on any atom is -0.458 e. The molecule has 1 amide bonds. The predicted octanol–water partition coefficient (Wildman–Crippen LogP) is 4.42. The zero-order chi connectivity index (χ0) is 31.0. The van der Waals surface area contributed by atoms with Gasteiger partial charge in [-0.1, -0.05) is 20.3 Å². The van der Waals surface area contributed by atoms with Crippen molar-refractivity contribution in [3.63, 3.8) is 0 Å². The Labute approximate surface area is 257 Å². The highest BCUT2D eigenvalue weighted by molar-refractivity contribution is 5.86. The van der Waals surface area contributed by atoms with Crippen LogP contribution in [-0.2, 0) is 34.7 Å². The normalized spacial score (nSPS) is 21.3. The molecule has 2 saturated heterocycles. The van der Waals surface area contributed by atoms with Crippen LogP contribution in [-0.4, -0.2) is 68.7 Å². The van der Waals surface area contributed by atoms with E-state index in [1.807, 2.05) is 24.0 Å². The summed E-state index contributed by atoms with van der Waals surface area (Å²) in [5.41, 5.74) is 1.99. The molecule has 2 aromatic heterocycles. The molecular weight excluding hydrogens is 560 g/mol. The first-order chi connectivity index (χ1) is 21.2. The third-order valence-electron chi connectivity index (χ3n) is 9.81. The number of aromatic nitrogens is 2. The fourth-order valence-corrected chi connectivity index (χ4v) is 7.17. The molecule has 0 bridgehead atoms. The molecular formula is C34H42N4O6. The fraction of sp³-hybridized carbons (Fsp3) is 0.529. The molecule has 3 aliphatic heterocycles. The maximum atomic E-state index is 13.5. The number of ether oxygens (including phenoxy) is 2. The number of amides is 1. The summed E-state index contributed by atoms with van der Waals surface area (Å²) in [5, 5.41) is 11.8. The van der Waals surface area contributed by atoms with Crippen LogP contribution in [0.2, 0.25) is 0 Å². The van der Waals surface area contributed by atoms with E-state index >= 15 is 0 Å². The number of rotatable bonds is 6. The standard InChI is InChI=1S/C34H42N4O6/c1-4-25-26-19-24(44-33(41)37-16-11-23(12-17-37)36-14-7-6-8-15-36)9-10-30(26)35-22(3)27(25)20-38-18-13-29-28(31(38)39)21-43-32(40)34(29,42)5-2/h9-10,13,18-19,23,42H,4-8,11-12,14-17,20-21H2,1-3H3/t34-/m0/s1. The van der Waals surface area contributed by atoms with Crippen molar-refractivity contribution in [1.82, 2.24) is 19.4 Å². The van der Waals surface area contributed by atoms with Gasteiger partial charge in [0, 0.05) is 42.0 Å². The van der Waals surface area contributed by atoms with Gasteiger partial charge in [0.15, 0.2) is 5.60 Å². The van der Waals surface area contributed by atoms with Gasteiger partial charge in [-0.2, -0.15) is 0 Å². The quantitative estimate of drug-likeness (QED) is 0.413. The molecule has 1 N–H and O–H groups in total. The number of pyridine rings is 2. The van der Waals surface area contributed by atoms with Crippen molar-refractivity contribution in [2.24, 2.45) is 0 Å². The van der Waals surface area contributed by atoms with Crippen molar-refractivity contribution in [3.05, 3.63) is 68.8 Å². The number of aryl methyl sites for hydroxylation is 2. The number of benzene rings is 1. The number of fused-ring (bicyclic) bond motifs is 2. The number of nitrogens with zero attached hydrogens (tertiary/aromatic N) is 4. The van der Waals surface area contributed by atoms with Crippen LogP contribution in [0.5, 0.6) is 5.75 Å². The summed E-state index contributed by atoms with van der Waals surface area (Å²) in [5.74, 6) is -0.260. The van der Waals surface area contributed by atoms with Crippen LogP contribution in [0.15, 0.2) is 35.3 Å². The third kappa shape index (κ3) is 5.49. The van der Waals surface area contributed by atoms with Gasteiger partial charge in [-0.05, 0) is 93.9 Å². The fourth-order valence-electron chi connectivity index (χ4n) is 7.17. The molecule has 1 aromatic carbocycles. The van der Waals surface area contributed by atoms with Gasteiger partial charge in [-0.15, -0.1) is 0 Å². The molecule has 0 unspecified atom stereocenters. The van der Waals surface area contributed by atoms with Gasteiger partial charge in [0.2, 0.25) is 0 Å². The van der Waals surface area contributed by atoms with Gasteiger partial charge >= 0.3 is 12.1 Å². The van der Waals surface area contributed by atoms with Gasteiger partial charge in [0.1, 0.15) is 12.4 Å². The number of likely N-dealkylation sites (tertiary alicyclic amines) is 2. The summed E-state index contributed by atoms with van der Waals surface area (Å²) in [6.45, 7) is 9.49. The van der Waals surface area contributed by atoms with Crippen molar-refractivity contribution in [2.75, 3.05) is 26.2 Å².